The molecule has 0 spiro atoms. The van der Waals surface area contributed by atoms with Crippen LogP contribution in [0.5, 0.6) is 0 Å². The summed E-state index contributed by atoms with van der Waals surface area (Å²) < 4.78 is 0. The number of carbonyl (C=O) groups is 1. The molecule has 1 saturated heterocycles. The van der Waals surface area contributed by atoms with Crippen molar-refractivity contribution in [1.29, 1.82) is 0 Å². The minimum absolute atomic E-state index is 0.318. The third kappa shape index (κ3) is 2.08. The number of hydrogen-bond donors (Lipinski definition) is 1. The van der Waals surface area contributed by atoms with Crippen molar-refractivity contribution in [1.82, 2.24) is 4.90 Å². The molecule has 1 rings (SSSR count). The molecule has 0 bridgehead atoms. The van der Waals surface area contributed by atoms with Crippen LogP contribution in [0.3, 0.4) is 0 Å². The monoisotopic (exact) mass is 168 g/mol. The summed E-state index contributed by atoms with van der Waals surface area (Å²) in [5.74, 6) is -0.0248. The molecule has 3 heteroatoms. The molecule has 0 radical (unpaired) electrons. The van der Waals surface area contributed by atoms with Crippen LogP contribution in [0.4, 0.5) is 0 Å². The lowest BCUT2D eigenvalue weighted by molar-refractivity contribution is -0.115. The van der Waals surface area contributed by atoms with Gasteiger partial charge in [-0.25, -0.2) is 0 Å². The average molecular weight is 168 g/mol. The van der Waals surface area contributed by atoms with Crippen molar-refractivity contribution in [3.8, 4) is 0 Å². The van der Waals surface area contributed by atoms with Crippen molar-refractivity contribution < 1.29 is 4.79 Å². The van der Waals surface area contributed by atoms with Crippen molar-refractivity contribution in [2.24, 2.45) is 11.7 Å². The summed E-state index contributed by atoms with van der Waals surface area (Å²) in [5.41, 5.74) is 5.75. The fourth-order valence-corrected chi connectivity index (χ4v) is 1.56. The van der Waals surface area contributed by atoms with E-state index in [-0.39, 0.29) is 5.91 Å². The normalized spacial score (nSPS) is 20.8. The smallest absolute Gasteiger partial charge is 0.244 e. The van der Waals surface area contributed by atoms with Crippen LogP contribution in [-0.2, 0) is 4.79 Å². The standard InChI is InChI=1S/C9H16N2O/c1-7(9(10)12)8-3-5-11(2)6-4-8/h8H,1,3-6H2,2H3,(H2,10,12). The van der Waals surface area contributed by atoms with Crippen molar-refractivity contribution >= 4 is 5.91 Å². The molecule has 0 aliphatic carbocycles. The topological polar surface area (TPSA) is 46.3 Å². The highest BCUT2D eigenvalue weighted by atomic mass is 16.1. The molecule has 1 amide bonds. The lowest BCUT2D eigenvalue weighted by Crippen LogP contribution is -2.33. The molecule has 1 aliphatic rings. The highest BCUT2D eigenvalue weighted by Crippen LogP contribution is 2.22. The van der Waals surface area contributed by atoms with Crippen LogP contribution in [-0.4, -0.2) is 30.9 Å². The number of primary amides is 1. The Morgan fingerprint density at radius 1 is 1.50 bits per heavy atom. The molecule has 68 valence electrons. The van der Waals surface area contributed by atoms with E-state index in [0.717, 1.165) is 25.9 Å². The molecule has 0 aromatic heterocycles. The van der Waals surface area contributed by atoms with Crippen LogP contribution in [0.15, 0.2) is 12.2 Å². The number of likely N-dealkylation sites (tertiary alicyclic amines) is 1. The zero-order valence-electron chi connectivity index (χ0n) is 7.55. The first-order chi connectivity index (χ1) is 5.61. The van der Waals surface area contributed by atoms with E-state index < -0.39 is 0 Å². The van der Waals surface area contributed by atoms with Gasteiger partial charge in [0.05, 0.1) is 0 Å². The van der Waals surface area contributed by atoms with Crippen molar-refractivity contribution in [2.75, 3.05) is 20.1 Å². The molecular weight excluding hydrogens is 152 g/mol. The molecule has 0 saturated carbocycles. The van der Waals surface area contributed by atoms with Crippen LogP contribution in [0.1, 0.15) is 12.8 Å². The minimum atomic E-state index is -0.343. The number of amides is 1. The Labute approximate surface area is 73.2 Å². The first kappa shape index (κ1) is 9.26. The summed E-state index contributed by atoms with van der Waals surface area (Å²) in [7, 11) is 2.09. The summed E-state index contributed by atoms with van der Waals surface area (Å²) in [5, 5.41) is 0. The Hall–Kier alpha value is -0.830. The van der Waals surface area contributed by atoms with E-state index in [1.807, 2.05) is 0 Å². The van der Waals surface area contributed by atoms with E-state index in [2.05, 4.69) is 18.5 Å². The van der Waals surface area contributed by atoms with E-state index in [4.69, 9.17) is 5.73 Å². The molecule has 1 aliphatic heterocycles. The molecule has 0 atom stereocenters. The summed E-state index contributed by atoms with van der Waals surface area (Å²) in [6, 6.07) is 0. The third-order valence-electron chi connectivity index (χ3n) is 2.53. The fourth-order valence-electron chi connectivity index (χ4n) is 1.56. The van der Waals surface area contributed by atoms with E-state index in [0.29, 0.717) is 11.5 Å². The van der Waals surface area contributed by atoms with Gasteiger partial charge in [-0.05, 0) is 38.9 Å². The van der Waals surface area contributed by atoms with Gasteiger partial charge < -0.3 is 10.6 Å². The molecule has 0 unspecified atom stereocenters. The highest BCUT2D eigenvalue weighted by molar-refractivity contribution is 5.91. The van der Waals surface area contributed by atoms with E-state index >= 15 is 0 Å². The zero-order chi connectivity index (χ0) is 9.14. The lowest BCUT2D eigenvalue weighted by atomic mass is 9.90. The molecule has 0 aromatic carbocycles. The Morgan fingerprint density at radius 2 is 2.00 bits per heavy atom. The maximum Gasteiger partial charge on any atom is 0.244 e. The van der Waals surface area contributed by atoms with Gasteiger partial charge in [0.2, 0.25) is 5.91 Å². The maximum atomic E-state index is 10.8. The van der Waals surface area contributed by atoms with Gasteiger partial charge in [0.15, 0.2) is 0 Å². The third-order valence-corrected chi connectivity index (χ3v) is 2.53. The maximum absolute atomic E-state index is 10.8. The number of carbonyl (C=O) groups excluding carboxylic acids is 1. The van der Waals surface area contributed by atoms with Gasteiger partial charge in [0, 0.05) is 5.57 Å². The molecule has 12 heavy (non-hydrogen) atoms. The van der Waals surface area contributed by atoms with Crippen LogP contribution in [0, 0.1) is 5.92 Å². The first-order valence-electron chi connectivity index (χ1n) is 4.28. The van der Waals surface area contributed by atoms with Gasteiger partial charge >= 0.3 is 0 Å². The largest absolute Gasteiger partial charge is 0.366 e. The minimum Gasteiger partial charge on any atom is -0.366 e. The zero-order valence-corrected chi connectivity index (χ0v) is 7.55. The molecule has 0 aromatic rings. The second-order valence-electron chi connectivity index (χ2n) is 3.47. The van der Waals surface area contributed by atoms with Gasteiger partial charge in [-0.2, -0.15) is 0 Å². The van der Waals surface area contributed by atoms with Crippen LogP contribution in [0.25, 0.3) is 0 Å². The Morgan fingerprint density at radius 3 is 2.42 bits per heavy atom. The molecular formula is C9H16N2O. The number of hydrogen-bond acceptors (Lipinski definition) is 2. The van der Waals surface area contributed by atoms with Gasteiger partial charge in [-0.15, -0.1) is 0 Å². The number of piperidine rings is 1. The summed E-state index contributed by atoms with van der Waals surface area (Å²) in [6.07, 6.45) is 2.02. The lowest BCUT2D eigenvalue weighted by Gasteiger charge is -2.29. The van der Waals surface area contributed by atoms with E-state index in [9.17, 15) is 4.79 Å². The summed E-state index contributed by atoms with van der Waals surface area (Å²) >= 11 is 0. The van der Waals surface area contributed by atoms with E-state index in [1.165, 1.54) is 0 Å². The van der Waals surface area contributed by atoms with Crippen LogP contribution in [0.2, 0.25) is 0 Å². The second-order valence-corrected chi connectivity index (χ2v) is 3.47. The van der Waals surface area contributed by atoms with Gasteiger partial charge in [0.25, 0.3) is 0 Å². The van der Waals surface area contributed by atoms with Crippen LogP contribution >= 0.6 is 0 Å². The molecule has 3 nitrogen and oxygen atoms in total. The van der Waals surface area contributed by atoms with Gasteiger partial charge in [0.1, 0.15) is 0 Å². The SMILES string of the molecule is C=C(C(N)=O)C1CCN(C)CC1. The Balaban J connectivity index is 2.44. The predicted octanol–water partition coefficient (Wildman–Crippen LogP) is 0.370. The highest BCUT2D eigenvalue weighted by Gasteiger charge is 2.21. The quantitative estimate of drug-likeness (QED) is 0.605. The average Bonchev–Trinajstić information content (AvgIpc) is 2.04. The van der Waals surface area contributed by atoms with Crippen molar-refractivity contribution in [2.45, 2.75) is 12.8 Å². The first-order valence-corrected chi connectivity index (χ1v) is 4.28. The Bertz CT molecular complexity index is 193. The number of nitrogens with two attached hydrogens (primary N) is 1. The van der Waals surface area contributed by atoms with Crippen molar-refractivity contribution in [3.05, 3.63) is 12.2 Å². The van der Waals surface area contributed by atoms with Gasteiger partial charge in [-0.3, -0.25) is 4.79 Å². The Kier molecular flexibility index (Phi) is 2.87. The molecule has 1 fully saturated rings. The summed E-state index contributed by atoms with van der Waals surface area (Å²) in [4.78, 5) is 13.0. The second kappa shape index (κ2) is 3.72. The van der Waals surface area contributed by atoms with E-state index in [1.54, 1.807) is 0 Å². The molecule has 2 N–H and O–H groups in total. The predicted molar refractivity (Wildman–Crippen MR) is 48.6 cm³/mol. The van der Waals surface area contributed by atoms with Crippen molar-refractivity contribution in [3.63, 3.8) is 0 Å². The molecule has 1 heterocycles. The number of rotatable bonds is 2. The van der Waals surface area contributed by atoms with Gasteiger partial charge in [-0.1, -0.05) is 6.58 Å². The fraction of sp³-hybridized carbons (Fsp3) is 0.667. The van der Waals surface area contributed by atoms with Crippen LogP contribution < -0.4 is 5.73 Å². The summed E-state index contributed by atoms with van der Waals surface area (Å²) in [6.45, 7) is 5.79. The number of nitrogens with zero attached hydrogens (tertiary/aromatic N) is 1.